The number of fused-ring (bicyclic) bond motifs is 6. The third-order valence-corrected chi connectivity index (χ3v) is 10.6. The molecule has 7 aromatic carbocycles. The van der Waals surface area contributed by atoms with Gasteiger partial charge in [-0.25, -0.2) is 4.98 Å². The fourth-order valence-corrected chi connectivity index (χ4v) is 7.80. The molecule has 0 fully saturated rings. The Morgan fingerprint density at radius 2 is 0.870 bits per heavy atom. The van der Waals surface area contributed by atoms with Gasteiger partial charge in [-0.15, -0.1) is 0 Å². The van der Waals surface area contributed by atoms with Gasteiger partial charge in [-0.3, -0.25) is 4.57 Å². The summed E-state index contributed by atoms with van der Waals surface area (Å²) in [6.45, 7) is 6.69. The zero-order chi connectivity index (χ0) is 36.4. The maximum atomic E-state index is 5.18. The number of rotatable bonds is 5. The van der Waals surface area contributed by atoms with Gasteiger partial charge < -0.3 is 4.57 Å². The standard InChI is InChI=1S/C49H37N5/c1-49(2,3)36-26-22-33(23-27-36)47-50-46(32-14-6-4-7-15-32)51-48(52-47)54-43-21-13-11-19-39(43)41-30-34(25-29-44(41)54)35-24-28-40-38-18-10-12-20-42(38)53(45(40)31-35)37-16-8-5-9-17-37/h4-31H,1-3H3. The van der Waals surface area contributed by atoms with Gasteiger partial charge in [-0.2, -0.15) is 9.97 Å². The smallest absolute Gasteiger partial charge is 0.238 e. The molecule has 0 aliphatic rings. The highest BCUT2D eigenvalue weighted by atomic mass is 15.2. The second-order valence-corrected chi connectivity index (χ2v) is 15.0. The number of nitrogens with zero attached hydrogens (tertiary/aromatic N) is 5. The van der Waals surface area contributed by atoms with Gasteiger partial charge in [0.25, 0.3) is 0 Å². The highest BCUT2D eigenvalue weighted by Crippen LogP contribution is 2.38. The van der Waals surface area contributed by atoms with E-state index in [1.807, 2.05) is 18.2 Å². The third kappa shape index (κ3) is 5.28. The molecule has 0 bridgehead atoms. The molecular formula is C49H37N5. The maximum absolute atomic E-state index is 5.18. The first-order chi connectivity index (χ1) is 26.4. The lowest BCUT2D eigenvalue weighted by Crippen LogP contribution is -2.10. The van der Waals surface area contributed by atoms with Crippen LogP contribution in [0.5, 0.6) is 0 Å². The summed E-state index contributed by atoms with van der Waals surface area (Å²) >= 11 is 0. The first-order valence-electron chi connectivity index (χ1n) is 18.5. The van der Waals surface area contributed by atoms with E-state index < -0.39 is 0 Å². The van der Waals surface area contributed by atoms with E-state index in [4.69, 9.17) is 15.0 Å². The molecule has 0 radical (unpaired) electrons. The summed E-state index contributed by atoms with van der Waals surface area (Å²) in [5.41, 5.74) is 11.1. The lowest BCUT2D eigenvalue weighted by atomic mass is 9.87. The van der Waals surface area contributed by atoms with Crippen molar-refractivity contribution in [3.8, 4) is 45.5 Å². The minimum absolute atomic E-state index is 0.0475. The Kier molecular flexibility index (Phi) is 7.31. The summed E-state index contributed by atoms with van der Waals surface area (Å²) in [6.07, 6.45) is 0. The quantitative estimate of drug-likeness (QED) is 0.180. The topological polar surface area (TPSA) is 48.5 Å². The van der Waals surface area contributed by atoms with E-state index in [0.29, 0.717) is 17.6 Å². The average molecular weight is 696 g/mol. The Bertz CT molecular complexity index is 3000. The van der Waals surface area contributed by atoms with Crippen LogP contribution < -0.4 is 0 Å². The molecule has 10 aromatic rings. The van der Waals surface area contributed by atoms with E-state index in [-0.39, 0.29) is 5.41 Å². The Balaban J connectivity index is 1.16. The second kappa shape index (κ2) is 12.4. The number of aromatic nitrogens is 5. The first kappa shape index (κ1) is 31.9. The molecule has 0 N–H and O–H groups in total. The highest BCUT2D eigenvalue weighted by molar-refractivity contribution is 6.12. The number of para-hydroxylation sites is 3. The van der Waals surface area contributed by atoms with Crippen LogP contribution in [-0.4, -0.2) is 24.1 Å². The van der Waals surface area contributed by atoms with E-state index in [9.17, 15) is 0 Å². The van der Waals surface area contributed by atoms with Gasteiger partial charge in [0, 0.05) is 38.4 Å². The van der Waals surface area contributed by atoms with Gasteiger partial charge in [0.05, 0.1) is 22.1 Å². The largest absolute Gasteiger partial charge is 0.309 e. The second-order valence-electron chi connectivity index (χ2n) is 15.0. The fourth-order valence-electron chi connectivity index (χ4n) is 7.80. The molecule has 3 aromatic heterocycles. The predicted octanol–water partition coefficient (Wildman–Crippen LogP) is 12.4. The van der Waals surface area contributed by atoms with Crippen molar-refractivity contribution in [1.29, 1.82) is 0 Å². The summed E-state index contributed by atoms with van der Waals surface area (Å²) in [5.74, 6) is 1.87. The van der Waals surface area contributed by atoms with E-state index in [0.717, 1.165) is 49.7 Å². The molecule has 258 valence electrons. The molecule has 0 saturated heterocycles. The van der Waals surface area contributed by atoms with Crippen LogP contribution in [-0.2, 0) is 5.41 Å². The summed E-state index contributed by atoms with van der Waals surface area (Å²) < 4.78 is 4.56. The molecular weight excluding hydrogens is 659 g/mol. The van der Waals surface area contributed by atoms with Crippen LogP contribution in [0.3, 0.4) is 0 Å². The van der Waals surface area contributed by atoms with Gasteiger partial charge in [-0.05, 0) is 64.6 Å². The van der Waals surface area contributed by atoms with Crippen molar-refractivity contribution in [1.82, 2.24) is 24.1 Å². The van der Waals surface area contributed by atoms with Crippen molar-refractivity contribution in [2.45, 2.75) is 26.2 Å². The van der Waals surface area contributed by atoms with Gasteiger partial charge in [0.15, 0.2) is 11.6 Å². The zero-order valence-electron chi connectivity index (χ0n) is 30.4. The molecule has 5 nitrogen and oxygen atoms in total. The molecule has 0 amide bonds. The van der Waals surface area contributed by atoms with Crippen molar-refractivity contribution in [3.63, 3.8) is 0 Å². The summed E-state index contributed by atoms with van der Waals surface area (Å²) in [6, 6.07) is 60.2. The zero-order valence-corrected chi connectivity index (χ0v) is 30.4. The van der Waals surface area contributed by atoms with Crippen LogP contribution in [0.4, 0.5) is 0 Å². The van der Waals surface area contributed by atoms with Gasteiger partial charge in [0.2, 0.25) is 5.95 Å². The van der Waals surface area contributed by atoms with Crippen molar-refractivity contribution in [2.24, 2.45) is 0 Å². The normalized spacial score (nSPS) is 12.0. The van der Waals surface area contributed by atoms with Gasteiger partial charge >= 0.3 is 0 Å². The predicted molar refractivity (Wildman–Crippen MR) is 224 cm³/mol. The molecule has 0 aliphatic carbocycles. The van der Waals surface area contributed by atoms with E-state index in [1.54, 1.807) is 0 Å². The number of hydrogen-bond donors (Lipinski definition) is 0. The van der Waals surface area contributed by atoms with Crippen LogP contribution in [0.25, 0.3) is 89.2 Å². The number of hydrogen-bond acceptors (Lipinski definition) is 3. The monoisotopic (exact) mass is 695 g/mol. The van der Waals surface area contributed by atoms with Crippen LogP contribution in [0.1, 0.15) is 26.3 Å². The molecule has 3 heterocycles. The Morgan fingerprint density at radius 3 is 1.56 bits per heavy atom. The molecule has 5 heteroatoms. The SMILES string of the molecule is CC(C)(C)c1ccc(-c2nc(-c3ccccc3)nc(-n3c4ccccc4c4cc(-c5ccc6c7ccccc7n(-c7ccccc7)c6c5)ccc43)n2)cc1. The van der Waals surface area contributed by atoms with Crippen molar-refractivity contribution >= 4 is 43.6 Å². The van der Waals surface area contributed by atoms with Gasteiger partial charge in [-0.1, -0.05) is 148 Å². The lowest BCUT2D eigenvalue weighted by Gasteiger charge is -2.19. The van der Waals surface area contributed by atoms with E-state index in [1.165, 1.54) is 27.4 Å². The van der Waals surface area contributed by atoms with Crippen LogP contribution in [0, 0.1) is 0 Å². The Labute approximate surface area is 313 Å². The summed E-state index contributed by atoms with van der Waals surface area (Å²) in [7, 11) is 0. The average Bonchev–Trinajstić information content (AvgIpc) is 3.73. The lowest BCUT2D eigenvalue weighted by molar-refractivity contribution is 0.590. The summed E-state index contributed by atoms with van der Waals surface area (Å²) in [5, 5.41) is 4.78. The van der Waals surface area contributed by atoms with E-state index in [2.05, 4.69) is 182 Å². The molecule has 0 spiro atoms. The molecule has 0 aliphatic heterocycles. The minimum Gasteiger partial charge on any atom is -0.309 e. The molecule has 54 heavy (non-hydrogen) atoms. The van der Waals surface area contributed by atoms with E-state index >= 15 is 0 Å². The van der Waals surface area contributed by atoms with Crippen LogP contribution >= 0.6 is 0 Å². The molecule has 0 saturated carbocycles. The van der Waals surface area contributed by atoms with Crippen molar-refractivity contribution < 1.29 is 0 Å². The van der Waals surface area contributed by atoms with Crippen LogP contribution in [0.2, 0.25) is 0 Å². The Morgan fingerprint density at radius 1 is 0.370 bits per heavy atom. The fraction of sp³-hybridized carbons (Fsp3) is 0.0816. The Hall–Kier alpha value is -6.85. The minimum atomic E-state index is 0.0475. The molecule has 0 unspecified atom stereocenters. The summed E-state index contributed by atoms with van der Waals surface area (Å²) in [4.78, 5) is 15.3. The van der Waals surface area contributed by atoms with Crippen molar-refractivity contribution in [2.75, 3.05) is 0 Å². The van der Waals surface area contributed by atoms with Crippen molar-refractivity contribution in [3.05, 3.63) is 175 Å². The van der Waals surface area contributed by atoms with Crippen LogP contribution in [0.15, 0.2) is 170 Å². The molecule has 10 rings (SSSR count). The van der Waals surface area contributed by atoms with Gasteiger partial charge in [0.1, 0.15) is 0 Å². The third-order valence-electron chi connectivity index (χ3n) is 10.6. The number of benzene rings is 7. The molecule has 0 atom stereocenters. The highest BCUT2D eigenvalue weighted by Gasteiger charge is 2.20. The maximum Gasteiger partial charge on any atom is 0.238 e. The first-order valence-corrected chi connectivity index (χ1v) is 18.5.